The molecule has 0 bridgehead atoms. The van der Waals surface area contributed by atoms with Crippen molar-refractivity contribution in [2.75, 3.05) is 19.8 Å². The fraction of sp³-hybridized carbons (Fsp3) is 0.261. The van der Waals surface area contributed by atoms with Crippen LogP contribution in [0.2, 0.25) is 0 Å². The second kappa shape index (κ2) is 10.8. The Morgan fingerprint density at radius 2 is 1.19 bits per heavy atom. The summed E-state index contributed by atoms with van der Waals surface area (Å²) in [6.07, 6.45) is 1.37. The van der Waals surface area contributed by atoms with Gasteiger partial charge >= 0.3 is 17.9 Å². The number of esters is 3. The van der Waals surface area contributed by atoms with E-state index in [9.17, 15) is 24.6 Å². The molecule has 0 spiro atoms. The summed E-state index contributed by atoms with van der Waals surface area (Å²) in [6, 6.07) is 11.1. The molecule has 164 valence electrons. The zero-order valence-corrected chi connectivity index (χ0v) is 17.1. The molecule has 0 aliphatic rings. The average molecular weight is 428 g/mol. The molecule has 0 heterocycles. The minimum atomic E-state index is -0.988. The molecule has 0 amide bonds. The van der Waals surface area contributed by atoms with Crippen molar-refractivity contribution in [1.82, 2.24) is 0 Å². The zero-order valence-electron chi connectivity index (χ0n) is 17.1. The van der Waals surface area contributed by atoms with E-state index in [1.165, 1.54) is 48.5 Å². The highest BCUT2D eigenvalue weighted by Gasteiger charge is 2.34. The van der Waals surface area contributed by atoms with Gasteiger partial charge in [-0.25, -0.2) is 14.4 Å². The largest absolute Gasteiger partial charge is 0.508 e. The number of benzene rings is 2. The van der Waals surface area contributed by atoms with Gasteiger partial charge in [-0.15, -0.1) is 0 Å². The monoisotopic (exact) mass is 428 g/mol. The summed E-state index contributed by atoms with van der Waals surface area (Å²) in [4.78, 5) is 36.2. The Morgan fingerprint density at radius 3 is 1.55 bits per heavy atom. The number of phenolic OH excluding ortho intramolecular Hbond substituents is 2. The molecule has 0 aromatic heterocycles. The van der Waals surface area contributed by atoms with E-state index in [0.29, 0.717) is 6.42 Å². The van der Waals surface area contributed by atoms with Crippen molar-refractivity contribution in [3.8, 4) is 11.5 Å². The Balaban J connectivity index is 2.10. The number of hydrogen-bond acceptors (Lipinski definition) is 8. The SMILES string of the molecule is C=CC(=O)OCC(CC)(COC(=O)c1ccc(O)cc1)COC(=O)c1ccc(O)cc1. The Hall–Kier alpha value is -3.81. The maximum Gasteiger partial charge on any atom is 0.338 e. The maximum absolute atomic E-state index is 12.3. The fourth-order valence-electron chi connectivity index (χ4n) is 2.51. The fourth-order valence-corrected chi connectivity index (χ4v) is 2.51. The first kappa shape index (κ1) is 23.5. The molecule has 0 saturated carbocycles. The Morgan fingerprint density at radius 1 is 0.806 bits per heavy atom. The van der Waals surface area contributed by atoms with Gasteiger partial charge in [0, 0.05) is 6.08 Å². The van der Waals surface area contributed by atoms with Crippen molar-refractivity contribution in [2.24, 2.45) is 5.41 Å². The van der Waals surface area contributed by atoms with Gasteiger partial charge in [-0.3, -0.25) is 0 Å². The van der Waals surface area contributed by atoms with Crippen molar-refractivity contribution in [3.63, 3.8) is 0 Å². The average Bonchev–Trinajstić information content (AvgIpc) is 2.79. The van der Waals surface area contributed by atoms with Crippen LogP contribution in [-0.4, -0.2) is 47.9 Å². The lowest BCUT2D eigenvalue weighted by Gasteiger charge is -2.30. The van der Waals surface area contributed by atoms with E-state index in [0.717, 1.165) is 6.08 Å². The number of ether oxygens (including phenoxy) is 3. The molecule has 2 N–H and O–H groups in total. The molecule has 0 unspecified atom stereocenters. The van der Waals surface area contributed by atoms with Crippen LogP contribution in [0.15, 0.2) is 61.2 Å². The minimum absolute atomic E-state index is 0.0111. The number of aromatic hydroxyl groups is 2. The molecule has 0 saturated heterocycles. The third-order valence-corrected chi connectivity index (χ3v) is 4.66. The summed E-state index contributed by atoms with van der Waals surface area (Å²) in [5.41, 5.74) is -0.531. The van der Waals surface area contributed by atoms with Crippen LogP contribution in [0.3, 0.4) is 0 Å². The molecule has 2 aromatic carbocycles. The molecule has 8 heteroatoms. The standard InChI is InChI=1S/C23H24O8/c1-3-20(26)29-13-23(4-2,14-30-21(27)16-5-9-18(24)10-6-16)15-31-22(28)17-7-11-19(25)12-8-17/h3,5-12,24-25H,1,4,13-15H2,2H3. The molecule has 0 aliphatic heterocycles. The molecule has 0 aliphatic carbocycles. The Labute approximate surface area is 179 Å². The molecular formula is C23H24O8. The lowest BCUT2D eigenvalue weighted by atomic mass is 9.88. The summed E-state index contributed by atoms with van der Waals surface area (Å²) in [6.45, 7) is 4.59. The smallest absolute Gasteiger partial charge is 0.338 e. The molecule has 31 heavy (non-hydrogen) atoms. The summed E-state index contributed by atoms with van der Waals surface area (Å²) < 4.78 is 15.9. The zero-order chi connectivity index (χ0) is 22.9. The van der Waals surface area contributed by atoms with E-state index in [1.807, 2.05) is 0 Å². The predicted octanol–water partition coefficient (Wildman–Crippen LogP) is 3.24. The highest BCUT2D eigenvalue weighted by Crippen LogP contribution is 2.26. The summed E-state index contributed by atoms with van der Waals surface area (Å²) >= 11 is 0. The molecule has 2 aromatic rings. The third kappa shape index (κ3) is 6.88. The summed E-state index contributed by atoms with van der Waals surface area (Å²) in [5.74, 6) is -1.92. The van der Waals surface area contributed by atoms with Gasteiger partial charge in [0.1, 0.15) is 31.3 Å². The lowest BCUT2D eigenvalue weighted by Crippen LogP contribution is -2.39. The van der Waals surface area contributed by atoms with Gasteiger partial charge in [0.15, 0.2) is 0 Å². The van der Waals surface area contributed by atoms with Crippen LogP contribution in [0.5, 0.6) is 11.5 Å². The van der Waals surface area contributed by atoms with Crippen LogP contribution in [-0.2, 0) is 19.0 Å². The van der Waals surface area contributed by atoms with Crippen molar-refractivity contribution >= 4 is 17.9 Å². The quantitative estimate of drug-likeness (QED) is 0.336. The van der Waals surface area contributed by atoms with Crippen molar-refractivity contribution in [2.45, 2.75) is 13.3 Å². The normalized spacial score (nSPS) is 10.7. The topological polar surface area (TPSA) is 119 Å². The van der Waals surface area contributed by atoms with Gasteiger partial charge in [0.05, 0.1) is 16.5 Å². The van der Waals surface area contributed by atoms with Gasteiger partial charge in [0.2, 0.25) is 0 Å². The van der Waals surface area contributed by atoms with Crippen LogP contribution >= 0.6 is 0 Å². The molecule has 8 nitrogen and oxygen atoms in total. The molecule has 2 rings (SSSR count). The van der Waals surface area contributed by atoms with Gasteiger partial charge in [-0.05, 0) is 55.0 Å². The van der Waals surface area contributed by atoms with Gasteiger partial charge in [-0.1, -0.05) is 13.5 Å². The Bertz CT molecular complexity index is 854. The highest BCUT2D eigenvalue weighted by atomic mass is 16.6. The van der Waals surface area contributed by atoms with E-state index in [-0.39, 0.29) is 42.4 Å². The first-order valence-corrected chi connectivity index (χ1v) is 9.50. The van der Waals surface area contributed by atoms with Crippen LogP contribution in [0, 0.1) is 5.41 Å². The summed E-state index contributed by atoms with van der Waals surface area (Å²) in [7, 11) is 0. The maximum atomic E-state index is 12.3. The number of rotatable bonds is 10. The van der Waals surface area contributed by atoms with Crippen LogP contribution in [0.25, 0.3) is 0 Å². The number of carbonyl (C=O) groups is 3. The van der Waals surface area contributed by atoms with Crippen LogP contribution in [0.1, 0.15) is 34.1 Å². The minimum Gasteiger partial charge on any atom is -0.508 e. The first-order chi connectivity index (χ1) is 14.8. The van der Waals surface area contributed by atoms with Crippen LogP contribution in [0.4, 0.5) is 0 Å². The van der Waals surface area contributed by atoms with Gasteiger partial charge in [0.25, 0.3) is 0 Å². The second-order valence-corrected chi connectivity index (χ2v) is 6.91. The van der Waals surface area contributed by atoms with E-state index >= 15 is 0 Å². The van der Waals surface area contributed by atoms with E-state index in [1.54, 1.807) is 6.92 Å². The van der Waals surface area contributed by atoms with E-state index in [4.69, 9.17) is 14.2 Å². The number of phenols is 2. The number of hydrogen-bond donors (Lipinski definition) is 2. The van der Waals surface area contributed by atoms with Crippen molar-refractivity contribution < 1.29 is 38.8 Å². The molecule has 0 atom stereocenters. The molecule has 0 fully saturated rings. The van der Waals surface area contributed by atoms with Gasteiger partial charge < -0.3 is 24.4 Å². The van der Waals surface area contributed by atoms with Crippen LogP contribution < -0.4 is 0 Å². The lowest BCUT2D eigenvalue weighted by molar-refractivity contribution is -0.143. The van der Waals surface area contributed by atoms with E-state index in [2.05, 4.69) is 6.58 Å². The summed E-state index contributed by atoms with van der Waals surface area (Å²) in [5, 5.41) is 18.7. The Kier molecular flexibility index (Phi) is 8.19. The number of carbonyl (C=O) groups excluding carboxylic acids is 3. The molecule has 0 radical (unpaired) electrons. The van der Waals surface area contributed by atoms with Gasteiger partial charge in [-0.2, -0.15) is 0 Å². The predicted molar refractivity (Wildman–Crippen MR) is 111 cm³/mol. The second-order valence-electron chi connectivity index (χ2n) is 6.91. The van der Waals surface area contributed by atoms with Crippen molar-refractivity contribution in [1.29, 1.82) is 0 Å². The van der Waals surface area contributed by atoms with Crippen molar-refractivity contribution in [3.05, 3.63) is 72.3 Å². The molecular weight excluding hydrogens is 404 g/mol. The highest BCUT2D eigenvalue weighted by molar-refractivity contribution is 5.90. The first-order valence-electron chi connectivity index (χ1n) is 9.50. The third-order valence-electron chi connectivity index (χ3n) is 4.66. The van der Waals surface area contributed by atoms with E-state index < -0.39 is 23.3 Å².